The third-order valence-electron chi connectivity index (χ3n) is 3.15. The van der Waals surface area contributed by atoms with E-state index in [0.717, 1.165) is 0 Å². The molecule has 0 radical (unpaired) electrons. The SMILES string of the molecule is N#CC(=Cc1ccc(-c2cccc(Cl)c2Cl)o1)C(=O)Nc1nccs1. The molecule has 3 rings (SSSR count). The van der Waals surface area contributed by atoms with Crippen molar-refractivity contribution in [1.29, 1.82) is 5.26 Å². The van der Waals surface area contributed by atoms with Gasteiger partial charge in [-0.3, -0.25) is 10.1 Å². The molecule has 1 amide bonds. The van der Waals surface area contributed by atoms with Crippen LogP contribution in [0.15, 0.2) is 51.9 Å². The Morgan fingerprint density at radius 2 is 2.16 bits per heavy atom. The third-order valence-corrected chi connectivity index (χ3v) is 4.66. The lowest BCUT2D eigenvalue weighted by Gasteiger charge is -2.02. The normalized spacial score (nSPS) is 11.2. The van der Waals surface area contributed by atoms with E-state index in [9.17, 15) is 10.1 Å². The van der Waals surface area contributed by atoms with Crippen molar-refractivity contribution in [2.24, 2.45) is 0 Å². The molecule has 124 valence electrons. The molecule has 0 saturated heterocycles. The van der Waals surface area contributed by atoms with Crippen LogP contribution in [0.3, 0.4) is 0 Å². The summed E-state index contributed by atoms with van der Waals surface area (Å²) in [5.74, 6) is 0.268. The first kappa shape index (κ1) is 17.2. The van der Waals surface area contributed by atoms with Crippen LogP contribution in [0.5, 0.6) is 0 Å². The number of halogens is 2. The molecule has 2 heterocycles. The zero-order valence-electron chi connectivity index (χ0n) is 12.5. The highest BCUT2D eigenvalue weighted by Crippen LogP contribution is 2.34. The number of benzene rings is 1. The van der Waals surface area contributed by atoms with Crippen molar-refractivity contribution in [2.75, 3.05) is 5.32 Å². The van der Waals surface area contributed by atoms with Gasteiger partial charge in [0.25, 0.3) is 5.91 Å². The number of nitrogens with zero attached hydrogens (tertiary/aromatic N) is 2. The predicted molar refractivity (Wildman–Crippen MR) is 98.5 cm³/mol. The molecule has 1 N–H and O–H groups in total. The Balaban J connectivity index is 1.85. The molecule has 0 aliphatic rings. The topological polar surface area (TPSA) is 78.9 Å². The average molecular weight is 390 g/mol. The van der Waals surface area contributed by atoms with E-state index in [2.05, 4.69) is 10.3 Å². The van der Waals surface area contributed by atoms with Crippen LogP contribution in [0.25, 0.3) is 17.4 Å². The number of hydrogen-bond donors (Lipinski definition) is 1. The van der Waals surface area contributed by atoms with E-state index >= 15 is 0 Å². The highest BCUT2D eigenvalue weighted by Gasteiger charge is 2.14. The molecule has 0 atom stereocenters. The second-order valence-corrected chi connectivity index (χ2v) is 6.44. The van der Waals surface area contributed by atoms with E-state index in [1.807, 2.05) is 6.07 Å². The van der Waals surface area contributed by atoms with Crippen molar-refractivity contribution < 1.29 is 9.21 Å². The number of furan rings is 1. The highest BCUT2D eigenvalue weighted by molar-refractivity contribution is 7.13. The van der Waals surface area contributed by atoms with Gasteiger partial charge >= 0.3 is 0 Å². The molecule has 25 heavy (non-hydrogen) atoms. The summed E-state index contributed by atoms with van der Waals surface area (Å²) in [7, 11) is 0. The number of carbonyl (C=O) groups is 1. The molecule has 0 fully saturated rings. The standard InChI is InChI=1S/C17H9Cl2N3O2S/c18-13-3-1-2-12(15(13)19)14-5-4-11(24-14)8-10(9-20)16(23)22-17-21-6-7-25-17/h1-8H,(H,21,22,23). The minimum Gasteiger partial charge on any atom is -0.457 e. The number of amides is 1. The summed E-state index contributed by atoms with van der Waals surface area (Å²) in [6, 6.07) is 10.4. The maximum Gasteiger partial charge on any atom is 0.268 e. The van der Waals surface area contributed by atoms with E-state index in [4.69, 9.17) is 27.6 Å². The van der Waals surface area contributed by atoms with Gasteiger partial charge in [0, 0.05) is 23.2 Å². The molecule has 0 unspecified atom stereocenters. The minimum absolute atomic E-state index is 0.103. The quantitative estimate of drug-likeness (QED) is 0.487. The van der Waals surface area contributed by atoms with Crippen LogP contribution >= 0.6 is 34.5 Å². The van der Waals surface area contributed by atoms with Gasteiger partial charge < -0.3 is 4.42 Å². The van der Waals surface area contributed by atoms with Gasteiger partial charge in [0.05, 0.1) is 10.0 Å². The van der Waals surface area contributed by atoms with Crippen LogP contribution in [0, 0.1) is 11.3 Å². The lowest BCUT2D eigenvalue weighted by atomic mass is 10.2. The fourth-order valence-corrected chi connectivity index (χ4v) is 2.93. The van der Waals surface area contributed by atoms with Crippen molar-refractivity contribution in [3.8, 4) is 17.4 Å². The minimum atomic E-state index is -0.559. The van der Waals surface area contributed by atoms with Crippen LogP contribution in [0.1, 0.15) is 5.76 Å². The molecule has 0 aliphatic heterocycles. The number of hydrogen-bond acceptors (Lipinski definition) is 5. The van der Waals surface area contributed by atoms with Gasteiger partial charge in [-0.05, 0) is 24.3 Å². The van der Waals surface area contributed by atoms with Crippen molar-refractivity contribution in [3.05, 3.63) is 63.3 Å². The Hall–Kier alpha value is -2.59. The Morgan fingerprint density at radius 3 is 2.88 bits per heavy atom. The average Bonchev–Trinajstić information content (AvgIpc) is 3.27. The summed E-state index contributed by atoms with van der Waals surface area (Å²) in [5.41, 5.74) is 0.521. The molecular formula is C17H9Cl2N3O2S. The van der Waals surface area contributed by atoms with Crippen molar-refractivity contribution >= 4 is 51.7 Å². The second-order valence-electron chi connectivity index (χ2n) is 4.76. The first-order valence-corrected chi connectivity index (χ1v) is 8.59. The Bertz CT molecular complexity index is 988. The van der Waals surface area contributed by atoms with E-state index in [-0.39, 0.29) is 5.57 Å². The molecule has 0 aliphatic carbocycles. The van der Waals surface area contributed by atoms with Crippen molar-refractivity contribution in [2.45, 2.75) is 0 Å². The molecule has 3 aromatic rings. The third kappa shape index (κ3) is 3.91. The molecular weight excluding hydrogens is 381 g/mol. The predicted octanol–water partition coefficient (Wildman–Crippen LogP) is 5.26. The molecule has 8 heteroatoms. The maximum atomic E-state index is 12.1. The fourth-order valence-electron chi connectivity index (χ4n) is 2.01. The van der Waals surface area contributed by atoms with Gasteiger partial charge in [-0.1, -0.05) is 29.3 Å². The van der Waals surface area contributed by atoms with Gasteiger partial charge in [0.2, 0.25) is 0 Å². The Kier molecular flexibility index (Phi) is 5.19. The number of thiazole rings is 1. The van der Waals surface area contributed by atoms with Crippen LogP contribution in [-0.2, 0) is 4.79 Å². The smallest absolute Gasteiger partial charge is 0.268 e. The monoisotopic (exact) mass is 389 g/mol. The van der Waals surface area contributed by atoms with Gasteiger partial charge in [-0.2, -0.15) is 5.26 Å². The van der Waals surface area contributed by atoms with E-state index < -0.39 is 5.91 Å². The number of rotatable bonds is 4. The first-order valence-electron chi connectivity index (χ1n) is 6.95. The largest absolute Gasteiger partial charge is 0.457 e. The van der Waals surface area contributed by atoms with Crippen molar-refractivity contribution in [3.63, 3.8) is 0 Å². The van der Waals surface area contributed by atoms with E-state index in [0.29, 0.717) is 32.3 Å². The summed E-state index contributed by atoms with van der Waals surface area (Å²) < 4.78 is 5.66. The Morgan fingerprint density at radius 1 is 1.32 bits per heavy atom. The van der Waals surface area contributed by atoms with Crippen LogP contribution in [0.4, 0.5) is 5.13 Å². The van der Waals surface area contributed by atoms with Crippen LogP contribution < -0.4 is 5.32 Å². The van der Waals surface area contributed by atoms with Gasteiger partial charge in [-0.15, -0.1) is 11.3 Å². The highest BCUT2D eigenvalue weighted by atomic mass is 35.5. The lowest BCUT2D eigenvalue weighted by molar-refractivity contribution is -0.112. The first-order chi connectivity index (χ1) is 12.1. The van der Waals surface area contributed by atoms with Crippen molar-refractivity contribution in [1.82, 2.24) is 4.98 Å². The van der Waals surface area contributed by atoms with Crippen LogP contribution in [-0.4, -0.2) is 10.9 Å². The van der Waals surface area contributed by atoms with Gasteiger partial charge in [0.1, 0.15) is 23.2 Å². The van der Waals surface area contributed by atoms with E-state index in [1.54, 1.807) is 41.9 Å². The number of nitrogens with one attached hydrogen (secondary N) is 1. The van der Waals surface area contributed by atoms with E-state index in [1.165, 1.54) is 17.4 Å². The molecule has 0 bridgehead atoms. The summed E-state index contributed by atoms with van der Waals surface area (Å²) in [5, 5.41) is 14.7. The molecule has 5 nitrogen and oxygen atoms in total. The number of nitriles is 1. The zero-order valence-corrected chi connectivity index (χ0v) is 14.8. The number of aromatic nitrogens is 1. The molecule has 1 aromatic carbocycles. The molecule has 2 aromatic heterocycles. The van der Waals surface area contributed by atoms with Gasteiger partial charge in [0.15, 0.2) is 5.13 Å². The summed E-state index contributed by atoms with van der Waals surface area (Å²) >= 11 is 13.4. The van der Waals surface area contributed by atoms with Crippen LogP contribution in [0.2, 0.25) is 10.0 Å². The summed E-state index contributed by atoms with van der Waals surface area (Å²) in [6.45, 7) is 0. The summed E-state index contributed by atoms with van der Waals surface area (Å²) in [6.07, 6.45) is 2.91. The molecule has 0 spiro atoms. The summed E-state index contributed by atoms with van der Waals surface area (Å²) in [4.78, 5) is 16.0. The lowest BCUT2D eigenvalue weighted by Crippen LogP contribution is -2.13. The Labute approximate surface area is 157 Å². The number of anilines is 1. The van der Waals surface area contributed by atoms with Gasteiger partial charge in [-0.25, -0.2) is 4.98 Å². The maximum absolute atomic E-state index is 12.1. The fraction of sp³-hybridized carbons (Fsp3) is 0. The number of carbonyl (C=O) groups excluding carboxylic acids is 1. The second kappa shape index (κ2) is 7.53. The zero-order chi connectivity index (χ0) is 17.8. The molecule has 0 saturated carbocycles.